The van der Waals surface area contributed by atoms with Gasteiger partial charge in [0.1, 0.15) is 12.8 Å². The number of hydrogen-bond donors (Lipinski definition) is 0. The summed E-state index contributed by atoms with van der Waals surface area (Å²) >= 11 is 0. The fourth-order valence-electron chi connectivity index (χ4n) is 1.08. The second-order valence-corrected chi connectivity index (χ2v) is 3.57. The molecule has 0 saturated heterocycles. The predicted octanol–water partition coefficient (Wildman–Crippen LogP) is 1.00. The molecule has 0 aliphatic carbocycles. The van der Waals surface area contributed by atoms with Crippen molar-refractivity contribution in [2.45, 2.75) is 40.5 Å². The van der Waals surface area contributed by atoms with Gasteiger partial charge in [0.25, 0.3) is 0 Å². The zero-order chi connectivity index (χ0) is 17.4. The second kappa shape index (κ2) is 18.6. The molecule has 0 bridgehead atoms. The van der Waals surface area contributed by atoms with Gasteiger partial charge in [-0.25, -0.2) is 0 Å². The Morgan fingerprint density at radius 3 is 0.826 bits per heavy atom. The molecule has 8 nitrogen and oxygen atoms in total. The van der Waals surface area contributed by atoms with Crippen LogP contribution >= 0.6 is 0 Å². The first-order valence-electron chi connectivity index (χ1n) is 7.03. The zero-order valence-electron chi connectivity index (χ0n) is 14.2. The van der Waals surface area contributed by atoms with E-state index in [9.17, 15) is 19.2 Å². The van der Waals surface area contributed by atoms with E-state index < -0.39 is 23.9 Å². The number of carbonyl (C=O) groups excluding carboxylic acids is 4. The fraction of sp³-hybridized carbons (Fsp3) is 0.714. The molecule has 0 heterocycles. The fourth-order valence-corrected chi connectivity index (χ4v) is 1.08. The molecule has 0 aliphatic rings. The Hall–Kier alpha value is -1.50. The smallest absolute Gasteiger partial charge is 0.317 e. The molecule has 0 aliphatic heterocycles. The predicted molar refractivity (Wildman–Crippen MR) is 75.8 cm³/mol. The van der Waals surface area contributed by atoms with Gasteiger partial charge < -0.3 is 18.9 Å². The SMILES string of the molecule is CCOC(=O)CC(=O)OCC.CCOC(=O)CC(=O)OCC.[Zn]. The second-order valence-electron chi connectivity index (χ2n) is 3.57. The molecule has 130 valence electrons. The van der Waals surface area contributed by atoms with Crippen LogP contribution in [0, 0.1) is 0 Å². The molecule has 0 radical (unpaired) electrons. The first-order chi connectivity index (χ1) is 10.4. The van der Waals surface area contributed by atoms with Crippen LogP contribution < -0.4 is 0 Å². The normalized spacial score (nSPS) is 8.52. The summed E-state index contributed by atoms with van der Waals surface area (Å²) in [4.78, 5) is 42.4. The molecule has 0 N–H and O–H groups in total. The van der Waals surface area contributed by atoms with E-state index in [-0.39, 0.29) is 58.7 Å². The van der Waals surface area contributed by atoms with Gasteiger partial charge >= 0.3 is 23.9 Å². The van der Waals surface area contributed by atoms with E-state index in [4.69, 9.17) is 0 Å². The van der Waals surface area contributed by atoms with E-state index in [1.165, 1.54) is 0 Å². The quantitative estimate of drug-likeness (QED) is 0.264. The summed E-state index contributed by atoms with van der Waals surface area (Å²) in [7, 11) is 0. The van der Waals surface area contributed by atoms with E-state index in [1.807, 2.05) is 0 Å². The average Bonchev–Trinajstić information content (AvgIpc) is 2.40. The minimum Gasteiger partial charge on any atom is -0.466 e. The van der Waals surface area contributed by atoms with Crippen LogP contribution in [0.4, 0.5) is 0 Å². The van der Waals surface area contributed by atoms with Crippen LogP contribution in [0.3, 0.4) is 0 Å². The molecule has 0 rings (SSSR count). The van der Waals surface area contributed by atoms with E-state index >= 15 is 0 Å². The summed E-state index contributed by atoms with van der Waals surface area (Å²) in [5.74, 6) is -2.14. The van der Waals surface area contributed by atoms with Crippen molar-refractivity contribution in [3.8, 4) is 0 Å². The van der Waals surface area contributed by atoms with Crippen LogP contribution in [0.2, 0.25) is 0 Å². The van der Waals surface area contributed by atoms with Crippen molar-refractivity contribution >= 4 is 23.9 Å². The molecule has 0 aromatic rings. The topological polar surface area (TPSA) is 105 Å². The first kappa shape index (κ1) is 26.4. The standard InChI is InChI=1S/2C7H12O4.Zn/c2*1-3-10-6(8)5-7(9)11-4-2;/h2*3-5H2,1-2H3;. The third kappa shape index (κ3) is 20.5. The third-order valence-corrected chi connectivity index (χ3v) is 1.80. The molecular formula is C14H24O8Zn. The number of carbonyl (C=O) groups is 4. The van der Waals surface area contributed by atoms with Gasteiger partial charge in [-0.1, -0.05) is 0 Å². The molecule has 0 aromatic heterocycles. The molecule has 0 aromatic carbocycles. The van der Waals surface area contributed by atoms with Crippen LogP contribution in [0.1, 0.15) is 40.5 Å². The molecule has 0 saturated carbocycles. The average molecular weight is 386 g/mol. The van der Waals surface area contributed by atoms with Crippen LogP contribution in [-0.2, 0) is 57.6 Å². The summed E-state index contributed by atoms with van der Waals surface area (Å²) in [5.41, 5.74) is 0. The van der Waals surface area contributed by atoms with E-state index in [0.29, 0.717) is 0 Å². The maximum absolute atomic E-state index is 10.6. The van der Waals surface area contributed by atoms with Crippen molar-refractivity contribution in [3.63, 3.8) is 0 Å². The summed E-state index contributed by atoms with van der Waals surface area (Å²) in [6, 6.07) is 0. The van der Waals surface area contributed by atoms with Gasteiger partial charge in [-0.15, -0.1) is 0 Å². The minimum absolute atomic E-state index is 0. The Morgan fingerprint density at radius 2 is 0.696 bits per heavy atom. The zero-order valence-corrected chi connectivity index (χ0v) is 17.2. The molecule has 9 heteroatoms. The van der Waals surface area contributed by atoms with Crippen molar-refractivity contribution in [1.82, 2.24) is 0 Å². The van der Waals surface area contributed by atoms with Gasteiger partial charge in [0.2, 0.25) is 0 Å². The van der Waals surface area contributed by atoms with Crippen LogP contribution in [0.5, 0.6) is 0 Å². The molecule has 0 spiro atoms. The van der Waals surface area contributed by atoms with E-state index in [1.54, 1.807) is 27.7 Å². The van der Waals surface area contributed by atoms with Crippen molar-refractivity contribution in [3.05, 3.63) is 0 Å². The van der Waals surface area contributed by atoms with Crippen LogP contribution in [-0.4, -0.2) is 50.3 Å². The minimum atomic E-state index is -0.536. The molecule has 0 amide bonds. The van der Waals surface area contributed by atoms with E-state index in [2.05, 4.69) is 18.9 Å². The Balaban J connectivity index is -0.000000333. The number of ether oxygens (including phenoxy) is 4. The number of esters is 4. The molecule has 0 unspecified atom stereocenters. The summed E-state index contributed by atoms with van der Waals surface area (Å²) in [6.45, 7) is 7.89. The Kier molecular flexibility index (Phi) is 21.3. The molecule has 23 heavy (non-hydrogen) atoms. The van der Waals surface area contributed by atoms with Crippen molar-refractivity contribution < 1.29 is 57.6 Å². The van der Waals surface area contributed by atoms with Gasteiger partial charge in [0.05, 0.1) is 26.4 Å². The van der Waals surface area contributed by atoms with E-state index in [0.717, 1.165) is 0 Å². The summed E-state index contributed by atoms with van der Waals surface area (Å²) < 4.78 is 18.1. The summed E-state index contributed by atoms with van der Waals surface area (Å²) in [6.07, 6.45) is -0.580. The number of hydrogen-bond acceptors (Lipinski definition) is 8. The molecular weight excluding hydrogens is 362 g/mol. The maximum Gasteiger partial charge on any atom is 0.317 e. The van der Waals surface area contributed by atoms with Crippen molar-refractivity contribution in [2.75, 3.05) is 26.4 Å². The first-order valence-corrected chi connectivity index (χ1v) is 7.03. The van der Waals surface area contributed by atoms with Crippen molar-refractivity contribution in [2.24, 2.45) is 0 Å². The number of rotatable bonds is 8. The van der Waals surface area contributed by atoms with Gasteiger partial charge in [-0.3, -0.25) is 19.2 Å². The third-order valence-electron chi connectivity index (χ3n) is 1.80. The molecule has 0 fully saturated rings. The van der Waals surface area contributed by atoms with Crippen molar-refractivity contribution in [1.29, 1.82) is 0 Å². The monoisotopic (exact) mass is 384 g/mol. The molecule has 0 atom stereocenters. The largest absolute Gasteiger partial charge is 0.466 e. The Labute approximate surface area is 148 Å². The van der Waals surface area contributed by atoms with Gasteiger partial charge in [-0.2, -0.15) is 0 Å². The van der Waals surface area contributed by atoms with Gasteiger partial charge in [-0.05, 0) is 27.7 Å². The van der Waals surface area contributed by atoms with Crippen LogP contribution in [0.25, 0.3) is 0 Å². The van der Waals surface area contributed by atoms with Gasteiger partial charge in [0.15, 0.2) is 0 Å². The summed E-state index contributed by atoms with van der Waals surface area (Å²) in [5, 5.41) is 0. The Bertz CT molecular complexity index is 291. The van der Waals surface area contributed by atoms with Gasteiger partial charge in [0, 0.05) is 19.5 Å². The van der Waals surface area contributed by atoms with Crippen LogP contribution in [0.15, 0.2) is 0 Å². The maximum atomic E-state index is 10.6. The Morgan fingerprint density at radius 1 is 0.522 bits per heavy atom.